The Morgan fingerprint density at radius 2 is 1.93 bits per heavy atom. The fourth-order valence-electron chi connectivity index (χ4n) is 1.10. The predicted octanol–water partition coefficient (Wildman–Crippen LogP) is 1.88. The first-order valence-electron chi connectivity index (χ1n) is 5.03. The molecule has 0 aliphatic rings. The van der Waals surface area contributed by atoms with Crippen LogP contribution in [0.15, 0.2) is 0 Å². The third-order valence-electron chi connectivity index (χ3n) is 1.88. The molecule has 0 heterocycles. The molecule has 0 saturated heterocycles. The smallest absolute Gasteiger partial charge is 0.303 e. The lowest BCUT2D eigenvalue weighted by molar-refractivity contribution is -0.121. The number of carbonyl (C=O) groups is 1. The van der Waals surface area contributed by atoms with E-state index in [-0.39, 0.29) is 5.78 Å². The third kappa shape index (κ3) is 11.7. The number of hydrogen-bond donors (Lipinski definition) is 2. The van der Waals surface area contributed by atoms with Crippen molar-refractivity contribution in [2.75, 3.05) is 6.61 Å². The van der Waals surface area contributed by atoms with Crippen molar-refractivity contribution in [2.24, 2.45) is 5.92 Å². The Labute approximate surface area is 90.1 Å². The topological polar surface area (TPSA) is 83.8 Å². The fraction of sp³-hybridized carbons (Fsp3) is 0.889. The Hall–Kier alpha value is -0.220. The van der Waals surface area contributed by atoms with Crippen molar-refractivity contribution in [3.05, 3.63) is 0 Å². The monoisotopic (exact) mass is 238 g/mol. The van der Waals surface area contributed by atoms with Gasteiger partial charge in [0, 0.05) is 6.42 Å². The van der Waals surface area contributed by atoms with Gasteiger partial charge in [-0.1, -0.05) is 26.7 Å². The van der Waals surface area contributed by atoms with E-state index in [1.54, 1.807) is 0 Å². The lowest BCUT2D eigenvalue weighted by atomic mass is 10.0. The van der Waals surface area contributed by atoms with Gasteiger partial charge in [-0.05, 0) is 12.3 Å². The van der Waals surface area contributed by atoms with Crippen LogP contribution in [0, 0.1) is 5.92 Å². The lowest BCUT2D eigenvalue weighted by Gasteiger charge is -2.05. The van der Waals surface area contributed by atoms with Crippen LogP contribution in [0.1, 0.15) is 39.5 Å². The highest BCUT2D eigenvalue weighted by molar-refractivity contribution is 7.46. The summed E-state index contributed by atoms with van der Waals surface area (Å²) in [4.78, 5) is 27.8. The summed E-state index contributed by atoms with van der Waals surface area (Å²) in [6.45, 7) is 3.73. The number of ketones is 1. The normalized spacial score (nSPS) is 12.1. The van der Waals surface area contributed by atoms with Crippen LogP contribution in [0.5, 0.6) is 0 Å². The summed E-state index contributed by atoms with van der Waals surface area (Å²) >= 11 is 0. The van der Waals surface area contributed by atoms with Gasteiger partial charge in [-0.25, -0.2) is 4.57 Å². The molecule has 5 nitrogen and oxygen atoms in total. The van der Waals surface area contributed by atoms with Gasteiger partial charge in [0.15, 0.2) is 5.78 Å². The first-order chi connectivity index (χ1) is 6.81. The molecule has 0 radical (unpaired) electrons. The van der Waals surface area contributed by atoms with E-state index in [2.05, 4.69) is 18.4 Å². The standard InChI is InChI=1S/C9H19O5P/c1-8(2)5-3-4-6-9(10)7-14-15(11,12)13/h8H,3-7H2,1-2H3,(H2,11,12,13). The molecule has 0 aromatic carbocycles. The average Bonchev–Trinajstić information content (AvgIpc) is 2.07. The molecule has 0 fully saturated rings. The van der Waals surface area contributed by atoms with Gasteiger partial charge < -0.3 is 9.79 Å². The summed E-state index contributed by atoms with van der Waals surface area (Å²) in [6, 6.07) is 0. The minimum absolute atomic E-state index is 0.262. The molecule has 0 aliphatic heterocycles. The SMILES string of the molecule is CC(C)CCCCC(=O)COP(=O)(O)O. The molecule has 6 heteroatoms. The number of Topliss-reactive ketones (excluding diaryl/α,β-unsaturated/α-hetero) is 1. The zero-order valence-electron chi connectivity index (χ0n) is 9.18. The van der Waals surface area contributed by atoms with E-state index in [9.17, 15) is 9.36 Å². The number of phosphoric acid groups is 1. The maximum absolute atomic E-state index is 11.1. The number of unbranched alkanes of at least 4 members (excludes halogenated alkanes) is 1. The molecule has 0 rings (SSSR count). The summed E-state index contributed by atoms with van der Waals surface area (Å²) in [5.41, 5.74) is 0. The molecule has 0 aliphatic carbocycles. The van der Waals surface area contributed by atoms with Gasteiger partial charge in [-0.2, -0.15) is 0 Å². The van der Waals surface area contributed by atoms with E-state index < -0.39 is 14.4 Å². The molecule has 0 atom stereocenters. The Morgan fingerprint density at radius 3 is 2.40 bits per heavy atom. The minimum atomic E-state index is -4.50. The van der Waals surface area contributed by atoms with Gasteiger partial charge in [0.05, 0.1) is 0 Å². The van der Waals surface area contributed by atoms with Crippen molar-refractivity contribution in [1.29, 1.82) is 0 Å². The molecule has 0 saturated carbocycles. The predicted molar refractivity (Wildman–Crippen MR) is 56.3 cm³/mol. The Balaban J connectivity index is 3.46. The van der Waals surface area contributed by atoms with Crippen LogP contribution in [-0.4, -0.2) is 22.2 Å². The van der Waals surface area contributed by atoms with Gasteiger partial charge in [-0.3, -0.25) is 9.32 Å². The van der Waals surface area contributed by atoms with E-state index in [0.717, 1.165) is 19.3 Å². The van der Waals surface area contributed by atoms with Crippen LogP contribution in [0.4, 0.5) is 0 Å². The van der Waals surface area contributed by atoms with Gasteiger partial charge in [0.2, 0.25) is 0 Å². The summed E-state index contributed by atoms with van der Waals surface area (Å²) in [7, 11) is -4.50. The maximum Gasteiger partial charge on any atom is 0.470 e. The van der Waals surface area contributed by atoms with Crippen molar-refractivity contribution in [2.45, 2.75) is 39.5 Å². The van der Waals surface area contributed by atoms with Crippen LogP contribution in [0.3, 0.4) is 0 Å². The molecule has 0 aromatic rings. The number of hydrogen-bond acceptors (Lipinski definition) is 3. The minimum Gasteiger partial charge on any atom is -0.303 e. The molecule has 90 valence electrons. The fourth-order valence-corrected chi connectivity index (χ4v) is 1.42. The summed E-state index contributed by atoms with van der Waals surface area (Å²) < 4.78 is 14.4. The zero-order chi connectivity index (χ0) is 11.9. The van der Waals surface area contributed by atoms with Gasteiger partial charge >= 0.3 is 7.82 Å². The summed E-state index contributed by atoms with van der Waals surface area (Å²) in [5.74, 6) is 0.355. The van der Waals surface area contributed by atoms with Crippen molar-refractivity contribution in [3.8, 4) is 0 Å². The van der Waals surface area contributed by atoms with Gasteiger partial charge in [0.1, 0.15) is 6.61 Å². The highest BCUT2D eigenvalue weighted by Crippen LogP contribution is 2.35. The molecule has 0 aromatic heterocycles. The highest BCUT2D eigenvalue weighted by Gasteiger charge is 2.15. The number of phosphoric ester groups is 1. The van der Waals surface area contributed by atoms with E-state index in [0.29, 0.717) is 12.3 Å². The van der Waals surface area contributed by atoms with Crippen LogP contribution >= 0.6 is 7.82 Å². The largest absolute Gasteiger partial charge is 0.470 e. The van der Waals surface area contributed by atoms with Crippen molar-refractivity contribution >= 4 is 13.6 Å². The van der Waals surface area contributed by atoms with E-state index in [4.69, 9.17) is 9.79 Å². The second kappa shape index (κ2) is 7.12. The van der Waals surface area contributed by atoms with Crippen LogP contribution in [-0.2, 0) is 13.9 Å². The zero-order valence-corrected chi connectivity index (χ0v) is 10.1. The molecular weight excluding hydrogens is 219 g/mol. The van der Waals surface area contributed by atoms with Crippen molar-refractivity contribution < 1.29 is 23.7 Å². The van der Waals surface area contributed by atoms with Crippen LogP contribution in [0.2, 0.25) is 0 Å². The Morgan fingerprint density at radius 1 is 1.33 bits per heavy atom. The first-order valence-corrected chi connectivity index (χ1v) is 6.56. The van der Waals surface area contributed by atoms with Gasteiger partial charge in [0.25, 0.3) is 0 Å². The third-order valence-corrected chi connectivity index (χ3v) is 2.35. The van der Waals surface area contributed by atoms with Crippen molar-refractivity contribution in [1.82, 2.24) is 0 Å². The second-order valence-corrected chi connectivity index (χ2v) is 5.18. The van der Waals surface area contributed by atoms with Crippen molar-refractivity contribution in [3.63, 3.8) is 0 Å². The average molecular weight is 238 g/mol. The Bertz CT molecular complexity index is 233. The molecule has 0 unspecified atom stereocenters. The first kappa shape index (κ1) is 14.8. The van der Waals surface area contributed by atoms with E-state index in [1.807, 2.05) is 0 Å². The molecule has 0 amide bonds. The van der Waals surface area contributed by atoms with Crippen LogP contribution in [0.25, 0.3) is 0 Å². The number of carbonyl (C=O) groups excluding carboxylic acids is 1. The molecule has 0 bridgehead atoms. The quantitative estimate of drug-likeness (QED) is 0.498. The molecule has 2 N–H and O–H groups in total. The highest BCUT2D eigenvalue weighted by atomic mass is 31.2. The Kier molecular flexibility index (Phi) is 7.02. The van der Waals surface area contributed by atoms with E-state index >= 15 is 0 Å². The lowest BCUT2D eigenvalue weighted by Crippen LogP contribution is -2.07. The molecular formula is C9H19O5P. The summed E-state index contributed by atoms with van der Waals surface area (Å²) in [6.07, 6.45) is 3.10. The number of rotatable bonds is 8. The second-order valence-electron chi connectivity index (χ2n) is 3.94. The summed E-state index contributed by atoms with van der Waals surface area (Å²) in [5, 5.41) is 0. The molecule has 15 heavy (non-hydrogen) atoms. The molecule has 0 spiro atoms. The van der Waals surface area contributed by atoms with Crippen LogP contribution < -0.4 is 0 Å². The maximum atomic E-state index is 11.1. The van der Waals surface area contributed by atoms with Gasteiger partial charge in [-0.15, -0.1) is 0 Å². The van der Waals surface area contributed by atoms with E-state index in [1.165, 1.54) is 0 Å².